The topological polar surface area (TPSA) is 66.8 Å². The Labute approximate surface area is 157 Å². The van der Waals surface area contributed by atoms with Crippen LogP contribution in [0, 0.1) is 0 Å². The van der Waals surface area contributed by atoms with E-state index in [4.69, 9.17) is 16.3 Å². The number of hydrogen-bond donors (Lipinski definition) is 1. The number of carbonyl (C=O) groups excluding carboxylic acids is 2. The predicted molar refractivity (Wildman–Crippen MR) is 100 cm³/mol. The number of hydrogen-bond acceptors (Lipinski definition) is 4. The number of rotatable bonds is 7. The SMILES string of the molecule is CC(=O)CC1(O)C(=O)N(CCCOC2=CC=CCC2)c2ccc(Cl)cc21. The van der Waals surface area contributed by atoms with Gasteiger partial charge >= 0.3 is 0 Å². The molecule has 1 aromatic rings. The molecule has 0 saturated carbocycles. The Balaban J connectivity index is 1.71. The van der Waals surface area contributed by atoms with E-state index in [-0.39, 0.29) is 12.2 Å². The van der Waals surface area contributed by atoms with Crippen LogP contribution in [-0.2, 0) is 19.9 Å². The van der Waals surface area contributed by atoms with Crippen LogP contribution >= 0.6 is 11.6 Å². The van der Waals surface area contributed by atoms with Crippen LogP contribution in [-0.4, -0.2) is 29.9 Å². The first-order valence-corrected chi connectivity index (χ1v) is 9.12. The highest BCUT2D eigenvalue weighted by Gasteiger charge is 2.50. The van der Waals surface area contributed by atoms with E-state index in [0.29, 0.717) is 35.8 Å². The van der Waals surface area contributed by atoms with Crippen molar-refractivity contribution in [3.05, 3.63) is 52.8 Å². The van der Waals surface area contributed by atoms with E-state index in [1.54, 1.807) is 18.2 Å². The molecule has 0 saturated heterocycles. The summed E-state index contributed by atoms with van der Waals surface area (Å²) in [5.74, 6) is 0.208. The van der Waals surface area contributed by atoms with Gasteiger partial charge in [0.2, 0.25) is 0 Å². The van der Waals surface area contributed by atoms with Crippen LogP contribution in [0.3, 0.4) is 0 Å². The first-order valence-electron chi connectivity index (χ1n) is 8.74. The first kappa shape index (κ1) is 18.7. The van der Waals surface area contributed by atoms with E-state index in [0.717, 1.165) is 18.6 Å². The molecular formula is C20H22ClNO4. The summed E-state index contributed by atoms with van der Waals surface area (Å²) in [5.41, 5.74) is -0.849. The number of Topliss-reactive ketones (excluding diaryl/α,β-unsaturated/α-hetero) is 1. The van der Waals surface area contributed by atoms with Gasteiger partial charge in [-0.3, -0.25) is 9.59 Å². The molecule has 1 heterocycles. The number of ether oxygens (including phenoxy) is 1. The van der Waals surface area contributed by atoms with Crippen LogP contribution in [0.25, 0.3) is 0 Å². The maximum absolute atomic E-state index is 12.8. The fraction of sp³-hybridized carbons (Fsp3) is 0.400. The lowest BCUT2D eigenvalue weighted by molar-refractivity contribution is -0.141. The van der Waals surface area contributed by atoms with Gasteiger partial charge in [0.05, 0.1) is 18.1 Å². The van der Waals surface area contributed by atoms with Gasteiger partial charge in [0.1, 0.15) is 5.78 Å². The molecule has 1 aliphatic heterocycles. The summed E-state index contributed by atoms with van der Waals surface area (Å²) < 4.78 is 5.74. The van der Waals surface area contributed by atoms with E-state index in [1.807, 2.05) is 12.2 Å². The van der Waals surface area contributed by atoms with Crippen molar-refractivity contribution in [1.29, 1.82) is 0 Å². The average Bonchev–Trinajstić information content (AvgIpc) is 2.80. The lowest BCUT2D eigenvalue weighted by atomic mass is 9.90. The summed E-state index contributed by atoms with van der Waals surface area (Å²) in [7, 11) is 0. The Morgan fingerprint density at radius 2 is 2.23 bits per heavy atom. The standard InChI is InChI=1S/C20H22ClNO4/c1-14(23)13-20(25)17-12-15(21)8-9-18(17)22(19(20)24)10-5-11-26-16-6-3-2-4-7-16/h2-3,6,8-9,12,25H,4-5,7,10-11,13H2,1H3. The van der Waals surface area contributed by atoms with Crippen molar-refractivity contribution in [3.63, 3.8) is 0 Å². The number of fused-ring (bicyclic) bond motifs is 1. The Kier molecular flexibility index (Phi) is 5.49. The van der Waals surface area contributed by atoms with Crippen LogP contribution in [0.4, 0.5) is 5.69 Å². The molecule has 0 aromatic heterocycles. The summed E-state index contributed by atoms with van der Waals surface area (Å²) >= 11 is 6.04. The maximum atomic E-state index is 12.8. The molecule has 0 spiro atoms. The number of halogens is 1. The van der Waals surface area contributed by atoms with Crippen molar-refractivity contribution in [2.45, 2.75) is 38.2 Å². The Hall–Kier alpha value is -2.11. The second-order valence-electron chi connectivity index (χ2n) is 6.66. The molecule has 5 nitrogen and oxygen atoms in total. The van der Waals surface area contributed by atoms with Gasteiger partial charge in [-0.2, -0.15) is 0 Å². The zero-order valence-corrected chi connectivity index (χ0v) is 15.5. The third-order valence-corrected chi connectivity index (χ3v) is 4.82. The number of benzene rings is 1. The van der Waals surface area contributed by atoms with Crippen LogP contribution in [0.15, 0.2) is 42.2 Å². The number of aliphatic hydroxyl groups is 1. The number of allylic oxidation sites excluding steroid dienone is 4. The summed E-state index contributed by atoms with van der Waals surface area (Å²) in [4.78, 5) is 26.0. The highest BCUT2D eigenvalue weighted by Crippen LogP contribution is 2.43. The third kappa shape index (κ3) is 3.69. The van der Waals surface area contributed by atoms with Crippen molar-refractivity contribution in [1.82, 2.24) is 0 Å². The minimum atomic E-state index is -1.84. The lowest BCUT2D eigenvalue weighted by Gasteiger charge is -2.22. The molecule has 0 radical (unpaired) electrons. The highest BCUT2D eigenvalue weighted by atomic mass is 35.5. The van der Waals surface area contributed by atoms with Crippen molar-refractivity contribution >= 4 is 29.0 Å². The molecule has 1 aromatic carbocycles. The zero-order chi connectivity index (χ0) is 18.7. The molecular weight excluding hydrogens is 354 g/mol. The first-order chi connectivity index (χ1) is 12.4. The minimum absolute atomic E-state index is 0.255. The Morgan fingerprint density at radius 1 is 1.42 bits per heavy atom. The predicted octanol–water partition coefficient (Wildman–Crippen LogP) is 3.49. The molecule has 138 valence electrons. The van der Waals surface area contributed by atoms with E-state index >= 15 is 0 Å². The van der Waals surface area contributed by atoms with Crippen LogP contribution in [0.1, 0.15) is 38.2 Å². The summed E-state index contributed by atoms with van der Waals surface area (Å²) in [5, 5.41) is 11.3. The maximum Gasteiger partial charge on any atom is 0.264 e. The minimum Gasteiger partial charge on any atom is -0.498 e. The van der Waals surface area contributed by atoms with Gasteiger partial charge in [0.15, 0.2) is 5.60 Å². The summed E-state index contributed by atoms with van der Waals surface area (Å²) in [6.45, 7) is 2.24. The quantitative estimate of drug-likeness (QED) is 0.741. The normalized spacial score (nSPS) is 21.6. The van der Waals surface area contributed by atoms with Crippen molar-refractivity contribution in [2.24, 2.45) is 0 Å². The van der Waals surface area contributed by atoms with Gasteiger partial charge < -0.3 is 14.7 Å². The molecule has 1 aliphatic carbocycles. The van der Waals surface area contributed by atoms with Gasteiger partial charge in [0.25, 0.3) is 5.91 Å². The largest absolute Gasteiger partial charge is 0.498 e. The average molecular weight is 376 g/mol. The Morgan fingerprint density at radius 3 is 2.92 bits per heavy atom. The van der Waals surface area contributed by atoms with Crippen molar-refractivity contribution in [2.75, 3.05) is 18.1 Å². The number of nitrogens with zero attached hydrogens (tertiary/aromatic N) is 1. The number of amides is 1. The van der Waals surface area contributed by atoms with Crippen LogP contribution in [0.2, 0.25) is 5.02 Å². The van der Waals surface area contributed by atoms with Crippen LogP contribution in [0.5, 0.6) is 0 Å². The molecule has 2 aliphatic rings. The third-order valence-electron chi connectivity index (χ3n) is 4.59. The number of carbonyl (C=O) groups is 2. The summed E-state index contributed by atoms with van der Waals surface area (Å²) in [6.07, 6.45) is 8.24. The molecule has 1 amide bonds. The van der Waals surface area contributed by atoms with Crippen LogP contribution < -0.4 is 4.90 Å². The fourth-order valence-electron chi connectivity index (χ4n) is 3.40. The molecule has 0 fully saturated rings. The summed E-state index contributed by atoms with van der Waals surface area (Å²) in [6, 6.07) is 4.95. The van der Waals surface area contributed by atoms with E-state index in [1.165, 1.54) is 11.8 Å². The zero-order valence-electron chi connectivity index (χ0n) is 14.7. The molecule has 6 heteroatoms. The second-order valence-corrected chi connectivity index (χ2v) is 7.10. The van der Waals surface area contributed by atoms with Gasteiger partial charge in [-0.1, -0.05) is 23.8 Å². The smallest absolute Gasteiger partial charge is 0.264 e. The highest BCUT2D eigenvalue weighted by molar-refractivity contribution is 6.31. The van der Waals surface area contributed by atoms with Crippen molar-refractivity contribution in [3.8, 4) is 0 Å². The fourth-order valence-corrected chi connectivity index (χ4v) is 3.57. The van der Waals surface area contributed by atoms with Gasteiger partial charge in [-0.05, 0) is 44.0 Å². The monoisotopic (exact) mass is 375 g/mol. The molecule has 1 unspecified atom stereocenters. The molecule has 26 heavy (non-hydrogen) atoms. The lowest BCUT2D eigenvalue weighted by Crippen LogP contribution is -2.42. The molecule has 1 N–H and O–H groups in total. The van der Waals surface area contributed by atoms with Gasteiger partial charge in [-0.25, -0.2) is 0 Å². The van der Waals surface area contributed by atoms with Gasteiger partial charge in [0, 0.05) is 30.0 Å². The second kappa shape index (κ2) is 7.64. The van der Waals surface area contributed by atoms with E-state index in [2.05, 4.69) is 6.08 Å². The number of anilines is 1. The van der Waals surface area contributed by atoms with Gasteiger partial charge in [-0.15, -0.1) is 0 Å². The van der Waals surface area contributed by atoms with E-state index < -0.39 is 11.5 Å². The molecule has 1 atom stereocenters. The Bertz CT molecular complexity index is 786. The van der Waals surface area contributed by atoms with Crippen molar-refractivity contribution < 1.29 is 19.4 Å². The van der Waals surface area contributed by atoms with E-state index in [9.17, 15) is 14.7 Å². The molecule has 0 bridgehead atoms. The number of ketones is 1. The molecule has 3 rings (SSSR count).